The highest BCUT2D eigenvalue weighted by Gasteiger charge is 2.24. The van der Waals surface area contributed by atoms with Crippen molar-refractivity contribution in [2.45, 2.75) is 13.0 Å². The molecule has 7 heteroatoms. The molecule has 1 atom stereocenters. The molecule has 0 saturated heterocycles. The molecule has 0 saturated carbocycles. The van der Waals surface area contributed by atoms with Crippen molar-refractivity contribution in [3.05, 3.63) is 83.9 Å². The minimum atomic E-state index is -0.295. The minimum Gasteiger partial charge on any atom is -0.486 e. The summed E-state index contributed by atoms with van der Waals surface area (Å²) < 4.78 is 11.7. The fourth-order valence-corrected chi connectivity index (χ4v) is 3.37. The van der Waals surface area contributed by atoms with Crippen LogP contribution in [0.3, 0.4) is 0 Å². The lowest BCUT2D eigenvalue weighted by Crippen LogP contribution is -2.43. The van der Waals surface area contributed by atoms with Gasteiger partial charge in [0.25, 0.3) is 5.91 Å². The number of benzene rings is 3. The second-order valence-electron chi connectivity index (χ2n) is 7.66. The van der Waals surface area contributed by atoms with Gasteiger partial charge in [-0.15, -0.1) is 0 Å². The van der Waals surface area contributed by atoms with Crippen LogP contribution in [0, 0.1) is 6.92 Å². The zero-order valence-corrected chi connectivity index (χ0v) is 18.0. The number of carbonyl (C=O) groups is 2. The van der Waals surface area contributed by atoms with E-state index in [0.717, 1.165) is 5.56 Å². The molecular weight excluding hydrogens is 406 g/mol. The largest absolute Gasteiger partial charge is 0.486 e. The van der Waals surface area contributed by atoms with E-state index in [1.807, 2.05) is 67.6 Å². The summed E-state index contributed by atoms with van der Waals surface area (Å²) in [6.07, 6.45) is -0.273. The van der Waals surface area contributed by atoms with E-state index < -0.39 is 0 Å². The number of likely N-dealkylation sites (N-methyl/N-ethyl adjacent to an activating group) is 1. The first-order chi connectivity index (χ1) is 15.5. The maximum absolute atomic E-state index is 12.8. The molecule has 0 spiro atoms. The molecule has 0 bridgehead atoms. The maximum atomic E-state index is 12.8. The first-order valence-corrected chi connectivity index (χ1v) is 10.4. The Morgan fingerprint density at radius 1 is 0.969 bits per heavy atom. The van der Waals surface area contributed by atoms with Crippen LogP contribution in [0.25, 0.3) is 0 Å². The molecule has 3 aromatic rings. The summed E-state index contributed by atoms with van der Waals surface area (Å²) >= 11 is 0. The Morgan fingerprint density at radius 2 is 1.69 bits per heavy atom. The third-order valence-corrected chi connectivity index (χ3v) is 5.16. The highest BCUT2D eigenvalue weighted by Crippen LogP contribution is 2.31. The Hall–Kier alpha value is -4.00. The summed E-state index contributed by atoms with van der Waals surface area (Å²) in [6.45, 7) is 2.60. The quantitative estimate of drug-likeness (QED) is 0.621. The monoisotopic (exact) mass is 431 g/mol. The lowest BCUT2D eigenvalue weighted by molar-refractivity contribution is 0.0731. The van der Waals surface area contributed by atoms with E-state index in [9.17, 15) is 9.59 Å². The second-order valence-corrected chi connectivity index (χ2v) is 7.66. The number of nitrogens with one attached hydrogen (secondary N) is 2. The van der Waals surface area contributed by atoms with Crippen LogP contribution >= 0.6 is 0 Å². The molecule has 0 aliphatic carbocycles. The van der Waals surface area contributed by atoms with E-state index in [1.165, 1.54) is 4.90 Å². The van der Waals surface area contributed by atoms with E-state index >= 15 is 0 Å². The van der Waals surface area contributed by atoms with Crippen LogP contribution in [0.2, 0.25) is 0 Å². The van der Waals surface area contributed by atoms with Crippen LogP contribution in [-0.4, -0.2) is 43.1 Å². The topological polar surface area (TPSA) is 79.9 Å². The zero-order valence-electron chi connectivity index (χ0n) is 18.0. The number of hydrogen-bond acceptors (Lipinski definition) is 4. The Balaban J connectivity index is 1.38. The normalized spacial score (nSPS) is 14.4. The maximum Gasteiger partial charge on any atom is 0.321 e. The van der Waals surface area contributed by atoms with Crippen LogP contribution in [0.5, 0.6) is 11.5 Å². The Labute approximate surface area is 187 Å². The van der Waals surface area contributed by atoms with Crippen molar-refractivity contribution in [2.75, 3.05) is 30.8 Å². The molecule has 3 aromatic carbocycles. The van der Waals surface area contributed by atoms with Crippen LogP contribution < -0.4 is 20.1 Å². The SMILES string of the molecule is Cc1ccc(C(=O)Nc2ccccc2)cc1NC(=O)N(C)CC1COc2ccccc2O1. The molecule has 0 radical (unpaired) electrons. The van der Waals surface area contributed by atoms with Crippen molar-refractivity contribution in [2.24, 2.45) is 0 Å². The number of carbonyl (C=O) groups excluding carboxylic acids is 2. The number of amides is 3. The average molecular weight is 431 g/mol. The Morgan fingerprint density at radius 3 is 2.47 bits per heavy atom. The van der Waals surface area contributed by atoms with E-state index in [2.05, 4.69) is 10.6 Å². The molecule has 1 unspecified atom stereocenters. The summed E-state index contributed by atoms with van der Waals surface area (Å²) in [5.41, 5.74) is 2.60. The van der Waals surface area contributed by atoms with Crippen molar-refractivity contribution in [3.8, 4) is 11.5 Å². The molecule has 1 aliphatic heterocycles. The van der Waals surface area contributed by atoms with Crippen molar-refractivity contribution in [1.29, 1.82) is 0 Å². The number of ether oxygens (including phenoxy) is 2. The van der Waals surface area contributed by atoms with Gasteiger partial charge in [0.05, 0.1) is 6.54 Å². The fourth-order valence-electron chi connectivity index (χ4n) is 3.37. The molecule has 3 amide bonds. The Kier molecular flexibility index (Phi) is 6.26. The average Bonchev–Trinajstić information content (AvgIpc) is 2.81. The molecule has 164 valence electrons. The van der Waals surface area contributed by atoms with Gasteiger partial charge in [-0.3, -0.25) is 4.79 Å². The molecule has 1 aliphatic rings. The van der Waals surface area contributed by atoms with Crippen LogP contribution in [-0.2, 0) is 0 Å². The molecule has 4 rings (SSSR count). The van der Waals surface area contributed by atoms with Gasteiger partial charge in [-0.1, -0.05) is 36.4 Å². The van der Waals surface area contributed by atoms with E-state index in [1.54, 1.807) is 19.2 Å². The third kappa shape index (κ3) is 5.00. The molecule has 0 fully saturated rings. The van der Waals surface area contributed by atoms with Gasteiger partial charge >= 0.3 is 6.03 Å². The van der Waals surface area contributed by atoms with Gasteiger partial charge < -0.3 is 25.0 Å². The molecule has 2 N–H and O–H groups in total. The van der Waals surface area contributed by atoms with E-state index in [0.29, 0.717) is 41.6 Å². The number of nitrogens with zero attached hydrogens (tertiary/aromatic N) is 1. The minimum absolute atomic E-state index is 0.244. The number of hydrogen-bond donors (Lipinski definition) is 2. The fraction of sp³-hybridized carbons (Fsp3) is 0.200. The summed E-state index contributed by atoms with van der Waals surface area (Å²) in [6, 6.07) is 21.6. The van der Waals surface area contributed by atoms with Gasteiger partial charge in [-0.25, -0.2) is 4.79 Å². The molecule has 32 heavy (non-hydrogen) atoms. The van der Waals surface area contributed by atoms with Gasteiger partial charge in [0, 0.05) is 24.0 Å². The van der Waals surface area contributed by atoms with E-state index in [4.69, 9.17) is 9.47 Å². The standard InChI is InChI=1S/C25H25N3O4/c1-17-12-13-18(24(29)26-19-8-4-3-5-9-19)14-21(17)27-25(30)28(2)15-20-16-31-22-10-6-7-11-23(22)32-20/h3-14,20H,15-16H2,1-2H3,(H,26,29)(H,27,30). The van der Waals surface area contributed by atoms with Gasteiger partial charge in [0.1, 0.15) is 6.61 Å². The lowest BCUT2D eigenvalue weighted by Gasteiger charge is -2.29. The highest BCUT2D eigenvalue weighted by molar-refractivity contribution is 6.05. The van der Waals surface area contributed by atoms with Crippen LogP contribution in [0.1, 0.15) is 15.9 Å². The first-order valence-electron chi connectivity index (χ1n) is 10.4. The smallest absolute Gasteiger partial charge is 0.321 e. The van der Waals surface area contributed by atoms with Crippen molar-refractivity contribution < 1.29 is 19.1 Å². The van der Waals surface area contributed by atoms with Gasteiger partial charge in [0.15, 0.2) is 17.6 Å². The first kappa shape index (κ1) is 21.2. The van der Waals surface area contributed by atoms with E-state index in [-0.39, 0.29) is 18.0 Å². The van der Waals surface area contributed by atoms with Gasteiger partial charge in [-0.05, 0) is 48.9 Å². The highest BCUT2D eigenvalue weighted by atomic mass is 16.6. The molecule has 1 heterocycles. The van der Waals surface area contributed by atoms with Gasteiger partial charge in [0.2, 0.25) is 0 Å². The number of para-hydroxylation sites is 3. The van der Waals surface area contributed by atoms with Gasteiger partial charge in [-0.2, -0.15) is 0 Å². The molecule has 0 aromatic heterocycles. The summed E-state index contributed by atoms with van der Waals surface area (Å²) in [5, 5.41) is 5.74. The summed E-state index contributed by atoms with van der Waals surface area (Å²) in [4.78, 5) is 26.9. The number of rotatable bonds is 5. The molecule has 7 nitrogen and oxygen atoms in total. The second kappa shape index (κ2) is 9.43. The lowest BCUT2D eigenvalue weighted by atomic mass is 10.1. The zero-order chi connectivity index (χ0) is 22.5. The predicted molar refractivity (Wildman–Crippen MR) is 124 cm³/mol. The number of anilines is 2. The summed E-state index contributed by atoms with van der Waals surface area (Å²) in [5.74, 6) is 1.13. The van der Waals surface area contributed by atoms with Crippen molar-refractivity contribution in [3.63, 3.8) is 0 Å². The van der Waals surface area contributed by atoms with Crippen LogP contribution in [0.4, 0.5) is 16.2 Å². The van der Waals surface area contributed by atoms with Crippen molar-refractivity contribution in [1.82, 2.24) is 4.90 Å². The third-order valence-electron chi connectivity index (χ3n) is 5.16. The number of fused-ring (bicyclic) bond motifs is 1. The van der Waals surface area contributed by atoms with Crippen molar-refractivity contribution >= 4 is 23.3 Å². The Bertz CT molecular complexity index is 1120. The van der Waals surface area contributed by atoms with Crippen LogP contribution in [0.15, 0.2) is 72.8 Å². The number of aryl methyl sites for hydroxylation is 1. The number of urea groups is 1. The molecular formula is C25H25N3O4. The summed E-state index contributed by atoms with van der Waals surface area (Å²) in [7, 11) is 1.69. The predicted octanol–water partition coefficient (Wildman–Crippen LogP) is 4.55.